The molecule has 0 aliphatic rings. The van der Waals surface area contributed by atoms with E-state index < -0.39 is 0 Å². The fraction of sp³-hybridized carbons (Fsp3) is 0.455. The van der Waals surface area contributed by atoms with Crippen LogP contribution in [0.2, 0.25) is 0 Å². The summed E-state index contributed by atoms with van der Waals surface area (Å²) in [7, 11) is 0. The second kappa shape index (κ2) is 3.75. The Bertz CT molecular complexity index is 498. The van der Waals surface area contributed by atoms with Gasteiger partial charge in [0.1, 0.15) is 12.9 Å². The number of hydrogen-bond donors (Lipinski definition) is 1. The van der Waals surface area contributed by atoms with Crippen molar-refractivity contribution in [2.24, 2.45) is 5.73 Å². The Morgan fingerprint density at radius 3 is 2.88 bits per heavy atom. The van der Waals surface area contributed by atoms with Crippen molar-refractivity contribution in [3.8, 4) is 5.88 Å². The van der Waals surface area contributed by atoms with Gasteiger partial charge in [-0.25, -0.2) is 4.98 Å². The molecule has 0 amide bonds. The molecule has 2 heterocycles. The Labute approximate surface area is 94.2 Å². The Kier molecular flexibility index (Phi) is 2.55. The third-order valence-electron chi connectivity index (χ3n) is 2.08. The molecular formula is C11H16N4O. The number of rotatable bonds is 3. The molecule has 2 aromatic heterocycles. The van der Waals surface area contributed by atoms with E-state index in [1.165, 1.54) is 6.33 Å². The van der Waals surface area contributed by atoms with Crippen LogP contribution < -0.4 is 10.5 Å². The van der Waals surface area contributed by atoms with Crippen molar-refractivity contribution in [3.63, 3.8) is 0 Å². The number of nitrogens with zero attached hydrogens (tertiary/aromatic N) is 3. The normalized spacial score (nSPS) is 12.0. The molecule has 0 fully saturated rings. The van der Waals surface area contributed by atoms with Crippen LogP contribution in [0.15, 0.2) is 18.5 Å². The molecule has 2 N–H and O–H groups in total. The van der Waals surface area contributed by atoms with Crippen molar-refractivity contribution in [1.82, 2.24) is 14.6 Å². The van der Waals surface area contributed by atoms with Crippen LogP contribution >= 0.6 is 0 Å². The molecule has 0 aliphatic heterocycles. The molecule has 0 radical (unpaired) electrons. The maximum atomic E-state index is 5.87. The molecular weight excluding hydrogens is 204 g/mol. The van der Waals surface area contributed by atoms with Gasteiger partial charge >= 0.3 is 0 Å². The average molecular weight is 220 g/mol. The average Bonchev–Trinajstić information content (AvgIpc) is 2.60. The summed E-state index contributed by atoms with van der Waals surface area (Å²) in [5, 5.41) is 4.10. The van der Waals surface area contributed by atoms with Crippen LogP contribution in [0, 0.1) is 6.92 Å². The van der Waals surface area contributed by atoms with Crippen molar-refractivity contribution >= 4 is 5.65 Å². The molecule has 2 rings (SSSR count). The topological polar surface area (TPSA) is 65.4 Å². The van der Waals surface area contributed by atoms with E-state index in [1.807, 2.05) is 32.9 Å². The lowest BCUT2D eigenvalue weighted by atomic mass is 10.1. The molecule has 86 valence electrons. The van der Waals surface area contributed by atoms with Gasteiger partial charge in [-0.3, -0.25) is 0 Å². The van der Waals surface area contributed by atoms with Gasteiger partial charge in [0.05, 0.1) is 0 Å². The number of aromatic nitrogens is 3. The van der Waals surface area contributed by atoms with E-state index in [0.29, 0.717) is 12.5 Å². The number of hydrogen-bond acceptors (Lipinski definition) is 4. The molecule has 5 nitrogen and oxygen atoms in total. The highest BCUT2D eigenvalue weighted by Crippen LogP contribution is 2.16. The summed E-state index contributed by atoms with van der Waals surface area (Å²) < 4.78 is 7.32. The molecule has 0 atom stereocenters. The second-order valence-electron chi connectivity index (χ2n) is 4.68. The zero-order valence-corrected chi connectivity index (χ0v) is 9.77. The fourth-order valence-electron chi connectivity index (χ4n) is 1.38. The fourth-order valence-corrected chi connectivity index (χ4v) is 1.38. The van der Waals surface area contributed by atoms with Crippen molar-refractivity contribution in [2.45, 2.75) is 26.3 Å². The highest BCUT2D eigenvalue weighted by atomic mass is 16.5. The van der Waals surface area contributed by atoms with E-state index in [0.717, 1.165) is 11.2 Å². The van der Waals surface area contributed by atoms with Crippen LogP contribution in [0.1, 0.15) is 19.4 Å². The number of fused-ring (bicyclic) bond motifs is 1. The minimum Gasteiger partial charge on any atom is -0.476 e. The van der Waals surface area contributed by atoms with Crippen molar-refractivity contribution in [2.75, 3.05) is 6.61 Å². The number of nitrogens with two attached hydrogens (primary N) is 1. The van der Waals surface area contributed by atoms with Gasteiger partial charge in [-0.05, 0) is 32.4 Å². The van der Waals surface area contributed by atoms with Gasteiger partial charge in [0.15, 0.2) is 5.65 Å². The maximum absolute atomic E-state index is 5.87. The molecule has 0 unspecified atom stereocenters. The SMILES string of the molecule is Cc1cc(OCC(C)(C)N)n2ncnc2c1. The zero-order valence-electron chi connectivity index (χ0n) is 9.77. The molecule has 0 spiro atoms. The summed E-state index contributed by atoms with van der Waals surface area (Å²) >= 11 is 0. The summed E-state index contributed by atoms with van der Waals surface area (Å²) in [5.41, 5.74) is 7.38. The van der Waals surface area contributed by atoms with Gasteiger partial charge in [-0.15, -0.1) is 0 Å². The van der Waals surface area contributed by atoms with Crippen LogP contribution in [0.4, 0.5) is 0 Å². The Balaban J connectivity index is 2.32. The van der Waals surface area contributed by atoms with Crippen LogP contribution in [-0.4, -0.2) is 26.7 Å². The number of aryl methyl sites for hydroxylation is 1. The third kappa shape index (κ3) is 2.30. The van der Waals surface area contributed by atoms with E-state index in [9.17, 15) is 0 Å². The molecule has 5 heteroatoms. The number of ether oxygens (including phenoxy) is 1. The highest BCUT2D eigenvalue weighted by molar-refractivity contribution is 5.43. The van der Waals surface area contributed by atoms with E-state index in [1.54, 1.807) is 4.52 Å². The van der Waals surface area contributed by atoms with Crippen molar-refractivity contribution in [1.29, 1.82) is 0 Å². The Morgan fingerprint density at radius 1 is 1.44 bits per heavy atom. The monoisotopic (exact) mass is 220 g/mol. The number of pyridine rings is 1. The molecule has 0 aliphatic carbocycles. The predicted molar refractivity (Wildman–Crippen MR) is 61.5 cm³/mol. The van der Waals surface area contributed by atoms with Crippen LogP contribution in [0.25, 0.3) is 5.65 Å². The van der Waals surface area contributed by atoms with Gasteiger partial charge in [0.2, 0.25) is 5.88 Å². The first-order valence-electron chi connectivity index (χ1n) is 5.18. The summed E-state index contributed by atoms with van der Waals surface area (Å²) in [5.74, 6) is 0.672. The van der Waals surface area contributed by atoms with Gasteiger partial charge in [-0.1, -0.05) is 0 Å². The minimum atomic E-state index is -0.364. The van der Waals surface area contributed by atoms with Crippen molar-refractivity contribution in [3.05, 3.63) is 24.0 Å². The summed E-state index contributed by atoms with van der Waals surface area (Å²) in [6, 6.07) is 3.88. The summed E-state index contributed by atoms with van der Waals surface area (Å²) in [6.45, 7) is 6.27. The first kappa shape index (κ1) is 10.9. The summed E-state index contributed by atoms with van der Waals surface area (Å²) in [4.78, 5) is 4.13. The predicted octanol–water partition coefficient (Wildman–Crippen LogP) is 1.15. The molecule has 0 saturated carbocycles. The van der Waals surface area contributed by atoms with E-state index in [2.05, 4.69) is 10.1 Å². The van der Waals surface area contributed by atoms with Gasteiger partial charge in [-0.2, -0.15) is 9.61 Å². The Morgan fingerprint density at radius 2 is 2.19 bits per heavy atom. The third-order valence-corrected chi connectivity index (χ3v) is 2.08. The van der Waals surface area contributed by atoms with E-state index in [4.69, 9.17) is 10.5 Å². The lowest BCUT2D eigenvalue weighted by Crippen LogP contribution is -2.39. The molecule has 0 aromatic carbocycles. The largest absolute Gasteiger partial charge is 0.476 e. The Hall–Kier alpha value is -1.62. The first-order chi connectivity index (χ1) is 7.46. The quantitative estimate of drug-likeness (QED) is 0.842. The van der Waals surface area contributed by atoms with Gasteiger partial charge < -0.3 is 10.5 Å². The lowest BCUT2D eigenvalue weighted by molar-refractivity contribution is 0.230. The molecule has 16 heavy (non-hydrogen) atoms. The smallest absolute Gasteiger partial charge is 0.216 e. The van der Waals surface area contributed by atoms with Crippen LogP contribution in [0.3, 0.4) is 0 Å². The standard InChI is InChI=1S/C11H16N4O/c1-8-4-9-13-7-14-15(9)10(5-8)16-6-11(2,3)12/h4-5,7H,6,12H2,1-3H3. The second-order valence-corrected chi connectivity index (χ2v) is 4.68. The molecule has 2 aromatic rings. The van der Waals surface area contributed by atoms with Crippen LogP contribution in [0.5, 0.6) is 5.88 Å². The lowest BCUT2D eigenvalue weighted by Gasteiger charge is -2.19. The van der Waals surface area contributed by atoms with Crippen molar-refractivity contribution < 1.29 is 4.74 Å². The van der Waals surface area contributed by atoms with E-state index >= 15 is 0 Å². The summed E-state index contributed by atoms with van der Waals surface area (Å²) in [6.07, 6.45) is 1.51. The maximum Gasteiger partial charge on any atom is 0.216 e. The zero-order chi connectivity index (χ0) is 11.8. The molecule has 0 saturated heterocycles. The minimum absolute atomic E-state index is 0.364. The van der Waals surface area contributed by atoms with E-state index in [-0.39, 0.29) is 5.54 Å². The van der Waals surface area contributed by atoms with Gasteiger partial charge in [0.25, 0.3) is 0 Å². The van der Waals surface area contributed by atoms with Gasteiger partial charge in [0, 0.05) is 11.6 Å². The molecule has 0 bridgehead atoms. The van der Waals surface area contributed by atoms with Crippen LogP contribution in [-0.2, 0) is 0 Å². The highest BCUT2D eigenvalue weighted by Gasteiger charge is 2.13. The first-order valence-corrected chi connectivity index (χ1v) is 5.18.